The number of nitrogens with one attached hydrogen (secondary N) is 3. The van der Waals surface area contributed by atoms with Crippen LogP contribution in [0.25, 0.3) is 0 Å². The van der Waals surface area contributed by atoms with Crippen LogP contribution >= 0.6 is 11.8 Å². The Morgan fingerprint density at radius 2 is 2.15 bits per heavy atom. The maximum Gasteiger partial charge on any atom is 0.251 e. The van der Waals surface area contributed by atoms with E-state index in [1.807, 2.05) is 42.1 Å². The third-order valence-corrected chi connectivity index (χ3v) is 5.80. The molecule has 27 heavy (non-hydrogen) atoms. The average molecular weight is 387 g/mol. The Morgan fingerprint density at radius 3 is 2.89 bits per heavy atom. The molecule has 6 nitrogen and oxygen atoms in total. The van der Waals surface area contributed by atoms with Gasteiger partial charge in [0.1, 0.15) is 5.76 Å². The highest BCUT2D eigenvalue weighted by atomic mass is 32.2. The van der Waals surface area contributed by atoms with Gasteiger partial charge in [-0.3, -0.25) is 9.79 Å². The van der Waals surface area contributed by atoms with Gasteiger partial charge in [0.15, 0.2) is 5.96 Å². The third kappa shape index (κ3) is 6.06. The summed E-state index contributed by atoms with van der Waals surface area (Å²) in [6.07, 6.45) is 4.17. The highest BCUT2D eigenvalue weighted by Gasteiger charge is 2.15. The van der Waals surface area contributed by atoms with Gasteiger partial charge in [-0.15, -0.1) is 0 Å². The smallest absolute Gasteiger partial charge is 0.251 e. The van der Waals surface area contributed by atoms with Gasteiger partial charge in [-0.1, -0.05) is 12.1 Å². The molecule has 1 atom stereocenters. The lowest BCUT2D eigenvalue weighted by atomic mass is 10.1. The molecular weight excluding hydrogens is 360 g/mol. The summed E-state index contributed by atoms with van der Waals surface area (Å²) in [5, 5.41) is 10.2. The molecule has 1 aromatic heterocycles. The second-order valence-corrected chi connectivity index (χ2v) is 7.81. The van der Waals surface area contributed by atoms with Crippen LogP contribution in [-0.4, -0.2) is 36.5 Å². The van der Waals surface area contributed by atoms with Crippen molar-refractivity contribution in [3.8, 4) is 0 Å². The van der Waals surface area contributed by atoms with Gasteiger partial charge in [-0.2, -0.15) is 11.8 Å². The molecule has 0 bridgehead atoms. The van der Waals surface area contributed by atoms with Gasteiger partial charge < -0.3 is 20.4 Å². The maximum absolute atomic E-state index is 12.3. The van der Waals surface area contributed by atoms with Crippen molar-refractivity contribution in [1.82, 2.24) is 16.0 Å². The minimum absolute atomic E-state index is 0.117. The van der Waals surface area contributed by atoms with E-state index in [9.17, 15) is 4.79 Å². The fourth-order valence-electron chi connectivity index (χ4n) is 2.93. The molecule has 7 heteroatoms. The number of hydrogen-bond donors (Lipinski definition) is 3. The van der Waals surface area contributed by atoms with E-state index in [4.69, 9.17) is 4.42 Å². The number of thioether (sulfide) groups is 1. The first-order valence-corrected chi connectivity index (χ1v) is 10.2. The van der Waals surface area contributed by atoms with Gasteiger partial charge in [-0.05, 0) is 48.4 Å². The highest BCUT2D eigenvalue weighted by molar-refractivity contribution is 8.00. The summed E-state index contributed by atoms with van der Waals surface area (Å²) in [5.74, 6) is 2.66. The van der Waals surface area contributed by atoms with Gasteiger partial charge in [0.25, 0.3) is 5.91 Å². The molecule has 1 aliphatic heterocycles. The van der Waals surface area contributed by atoms with Gasteiger partial charge in [0.2, 0.25) is 0 Å². The molecular formula is C20H26N4O2S. The Hall–Kier alpha value is -2.41. The van der Waals surface area contributed by atoms with Crippen molar-refractivity contribution in [2.45, 2.75) is 31.2 Å². The standard InChI is InChI=1S/C20H26N4O2S/c1-21-20(24-14-18-8-4-10-27-18)23-12-15-5-2-6-16(11-15)19(25)22-13-17-7-3-9-26-17/h2-3,5-7,9,11,18H,4,8,10,12-14H2,1H3,(H,22,25)(H2,21,23,24). The Labute approximate surface area is 164 Å². The van der Waals surface area contributed by atoms with E-state index in [1.165, 1.54) is 18.6 Å². The first-order chi connectivity index (χ1) is 13.2. The van der Waals surface area contributed by atoms with Crippen LogP contribution in [0.1, 0.15) is 34.5 Å². The zero-order valence-electron chi connectivity index (χ0n) is 15.5. The Balaban J connectivity index is 1.48. The van der Waals surface area contributed by atoms with E-state index in [2.05, 4.69) is 20.9 Å². The molecule has 0 spiro atoms. The predicted octanol–water partition coefficient (Wildman–Crippen LogP) is 2.77. The fourth-order valence-corrected chi connectivity index (χ4v) is 4.13. The van der Waals surface area contributed by atoms with Crippen molar-refractivity contribution in [3.63, 3.8) is 0 Å². The molecule has 3 rings (SSSR count). The molecule has 2 heterocycles. The average Bonchev–Trinajstić information content (AvgIpc) is 3.40. The van der Waals surface area contributed by atoms with Crippen molar-refractivity contribution in [2.24, 2.45) is 4.99 Å². The molecule has 144 valence electrons. The van der Waals surface area contributed by atoms with Gasteiger partial charge in [-0.25, -0.2) is 0 Å². The van der Waals surface area contributed by atoms with Crippen LogP contribution in [0.4, 0.5) is 0 Å². The number of carbonyl (C=O) groups excluding carboxylic acids is 1. The lowest BCUT2D eigenvalue weighted by Crippen LogP contribution is -2.39. The van der Waals surface area contributed by atoms with E-state index in [1.54, 1.807) is 19.4 Å². The van der Waals surface area contributed by atoms with Crippen molar-refractivity contribution in [2.75, 3.05) is 19.3 Å². The molecule has 0 saturated carbocycles. The quantitative estimate of drug-likeness (QED) is 0.504. The number of benzene rings is 1. The van der Waals surface area contributed by atoms with Gasteiger partial charge >= 0.3 is 0 Å². The largest absolute Gasteiger partial charge is 0.467 e. The number of rotatable bonds is 7. The first kappa shape index (κ1) is 19.4. The van der Waals surface area contributed by atoms with E-state index in [0.29, 0.717) is 23.9 Å². The van der Waals surface area contributed by atoms with E-state index < -0.39 is 0 Å². The number of aliphatic imine (C=N–C) groups is 1. The van der Waals surface area contributed by atoms with Crippen LogP contribution in [0.15, 0.2) is 52.1 Å². The van der Waals surface area contributed by atoms with Crippen molar-refractivity contribution in [1.29, 1.82) is 0 Å². The summed E-state index contributed by atoms with van der Waals surface area (Å²) < 4.78 is 5.23. The lowest BCUT2D eigenvalue weighted by molar-refractivity contribution is 0.0948. The van der Waals surface area contributed by atoms with E-state index in [-0.39, 0.29) is 5.91 Å². The third-order valence-electron chi connectivity index (χ3n) is 4.40. The first-order valence-electron chi connectivity index (χ1n) is 9.20. The van der Waals surface area contributed by atoms with Crippen LogP contribution in [-0.2, 0) is 13.1 Å². The number of hydrogen-bond acceptors (Lipinski definition) is 4. The van der Waals surface area contributed by atoms with Crippen LogP contribution in [0, 0.1) is 0 Å². The van der Waals surface area contributed by atoms with Gasteiger partial charge in [0, 0.05) is 31.0 Å². The molecule has 1 aliphatic rings. The summed E-state index contributed by atoms with van der Waals surface area (Å²) in [5.41, 5.74) is 1.66. The minimum Gasteiger partial charge on any atom is -0.467 e. The predicted molar refractivity (Wildman–Crippen MR) is 110 cm³/mol. The van der Waals surface area contributed by atoms with Crippen molar-refractivity contribution < 1.29 is 9.21 Å². The summed E-state index contributed by atoms with van der Waals surface area (Å²) in [6, 6.07) is 11.2. The van der Waals surface area contributed by atoms with E-state index >= 15 is 0 Å². The second kappa shape index (κ2) is 10.1. The number of guanidine groups is 1. The van der Waals surface area contributed by atoms with Crippen molar-refractivity contribution in [3.05, 3.63) is 59.5 Å². The Bertz CT molecular complexity index is 755. The van der Waals surface area contributed by atoms with Crippen molar-refractivity contribution >= 4 is 23.6 Å². The second-order valence-electron chi connectivity index (χ2n) is 6.40. The summed E-state index contributed by atoms with van der Waals surface area (Å²) in [7, 11) is 1.77. The maximum atomic E-state index is 12.3. The normalized spacial score (nSPS) is 16.9. The fraction of sp³-hybridized carbons (Fsp3) is 0.400. The zero-order valence-corrected chi connectivity index (χ0v) is 16.3. The molecule has 3 N–H and O–H groups in total. The number of amides is 1. The molecule has 0 radical (unpaired) electrons. The molecule has 2 aromatic rings. The highest BCUT2D eigenvalue weighted by Crippen LogP contribution is 2.25. The number of nitrogens with zero attached hydrogens (tertiary/aromatic N) is 1. The van der Waals surface area contributed by atoms with Gasteiger partial charge in [0.05, 0.1) is 12.8 Å². The lowest BCUT2D eigenvalue weighted by Gasteiger charge is -2.15. The molecule has 1 unspecified atom stereocenters. The molecule has 1 saturated heterocycles. The van der Waals surface area contributed by atoms with Crippen LogP contribution in [0.2, 0.25) is 0 Å². The van der Waals surface area contributed by atoms with E-state index in [0.717, 1.165) is 23.8 Å². The number of carbonyl (C=O) groups is 1. The Kier molecular flexibility index (Phi) is 7.21. The molecule has 1 aromatic carbocycles. The topological polar surface area (TPSA) is 78.7 Å². The zero-order chi connectivity index (χ0) is 18.9. The molecule has 1 amide bonds. The summed E-state index contributed by atoms with van der Waals surface area (Å²) in [6.45, 7) is 1.92. The van der Waals surface area contributed by atoms with Crippen LogP contribution in [0.5, 0.6) is 0 Å². The number of furan rings is 1. The minimum atomic E-state index is -0.117. The monoisotopic (exact) mass is 386 g/mol. The molecule has 0 aliphatic carbocycles. The SMILES string of the molecule is CN=C(NCc1cccc(C(=O)NCc2ccco2)c1)NCC1CCCS1. The van der Waals surface area contributed by atoms with Crippen LogP contribution in [0.3, 0.4) is 0 Å². The summed E-state index contributed by atoms with van der Waals surface area (Å²) in [4.78, 5) is 16.6. The Morgan fingerprint density at radius 1 is 1.22 bits per heavy atom. The van der Waals surface area contributed by atoms with Crippen LogP contribution < -0.4 is 16.0 Å². The summed E-state index contributed by atoms with van der Waals surface area (Å²) >= 11 is 2.02. The molecule has 1 fully saturated rings.